The number of nitrogens with one attached hydrogen (secondary N) is 1. The van der Waals surface area contributed by atoms with Crippen LogP contribution in [0.4, 0.5) is 11.4 Å². The van der Waals surface area contributed by atoms with Crippen LogP contribution in [0.3, 0.4) is 0 Å². The Morgan fingerprint density at radius 3 is 2.28 bits per heavy atom. The van der Waals surface area contributed by atoms with Gasteiger partial charge in [-0.2, -0.15) is 5.26 Å². The summed E-state index contributed by atoms with van der Waals surface area (Å²) in [7, 11) is 0. The van der Waals surface area contributed by atoms with Gasteiger partial charge in [0.05, 0.1) is 6.07 Å². The van der Waals surface area contributed by atoms with Gasteiger partial charge in [0.15, 0.2) is 0 Å². The molecule has 0 aliphatic carbocycles. The molecule has 1 N–H and O–H groups in total. The number of anilines is 2. The number of nitriles is 1. The van der Waals surface area contributed by atoms with Crippen LogP contribution >= 0.6 is 0 Å². The van der Waals surface area contributed by atoms with E-state index in [0.717, 1.165) is 5.69 Å². The second-order valence-corrected chi connectivity index (χ2v) is 5.24. The third-order valence-electron chi connectivity index (χ3n) is 3.47. The van der Waals surface area contributed by atoms with Crippen LogP contribution in [0.25, 0.3) is 0 Å². The molecule has 96 valence electrons. The van der Waals surface area contributed by atoms with Crippen LogP contribution in [0.5, 0.6) is 0 Å². The summed E-state index contributed by atoms with van der Waals surface area (Å²) in [5.41, 5.74) is 2.31. The molecule has 3 heteroatoms. The van der Waals surface area contributed by atoms with E-state index >= 15 is 0 Å². The highest BCUT2D eigenvalue weighted by atomic mass is 15.1. The van der Waals surface area contributed by atoms with Gasteiger partial charge in [0.25, 0.3) is 0 Å². The van der Waals surface area contributed by atoms with E-state index in [4.69, 9.17) is 5.26 Å². The highest BCUT2D eigenvalue weighted by Crippen LogP contribution is 2.22. The molecule has 1 aromatic carbocycles. The Labute approximate surface area is 109 Å². The van der Waals surface area contributed by atoms with E-state index in [-0.39, 0.29) is 6.04 Å². The maximum absolute atomic E-state index is 9.06. The lowest BCUT2D eigenvalue weighted by atomic mass is 10.1. The maximum atomic E-state index is 9.06. The Morgan fingerprint density at radius 1 is 1.17 bits per heavy atom. The zero-order valence-corrected chi connectivity index (χ0v) is 11.2. The Hall–Kier alpha value is -1.69. The normalized spacial score (nSPS) is 16.7. The predicted molar refractivity (Wildman–Crippen MR) is 75.8 cm³/mol. The molecule has 1 aliphatic rings. The summed E-state index contributed by atoms with van der Waals surface area (Å²) in [5.74, 6) is 0.313. The summed E-state index contributed by atoms with van der Waals surface area (Å²) in [6, 6.07) is 10.6. The molecule has 0 bridgehead atoms. The lowest BCUT2D eigenvalue weighted by Gasteiger charge is -2.19. The predicted octanol–water partition coefficient (Wildman–Crippen LogP) is 3.25. The number of benzene rings is 1. The van der Waals surface area contributed by atoms with Crippen LogP contribution in [0.2, 0.25) is 0 Å². The smallest absolute Gasteiger partial charge is 0.116 e. The molecule has 18 heavy (non-hydrogen) atoms. The topological polar surface area (TPSA) is 39.1 Å². The summed E-state index contributed by atoms with van der Waals surface area (Å²) in [6.07, 6.45) is 2.59. The van der Waals surface area contributed by atoms with E-state index in [1.807, 2.05) is 0 Å². The molecule has 0 spiro atoms. The molecule has 1 aliphatic heterocycles. The number of nitrogens with zero attached hydrogens (tertiary/aromatic N) is 2. The van der Waals surface area contributed by atoms with Crippen molar-refractivity contribution in [2.75, 3.05) is 23.3 Å². The summed E-state index contributed by atoms with van der Waals surface area (Å²) >= 11 is 0. The molecule has 0 radical (unpaired) electrons. The lowest BCUT2D eigenvalue weighted by Crippen LogP contribution is -2.23. The molecule has 1 saturated heterocycles. The zero-order valence-electron chi connectivity index (χ0n) is 11.2. The van der Waals surface area contributed by atoms with E-state index in [2.05, 4.69) is 54.4 Å². The van der Waals surface area contributed by atoms with E-state index in [1.165, 1.54) is 31.6 Å². The number of hydrogen-bond acceptors (Lipinski definition) is 3. The zero-order chi connectivity index (χ0) is 13.0. The van der Waals surface area contributed by atoms with E-state index < -0.39 is 0 Å². The van der Waals surface area contributed by atoms with Gasteiger partial charge in [-0.05, 0) is 43.0 Å². The molecule has 2 rings (SSSR count). The first-order valence-corrected chi connectivity index (χ1v) is 6.72. The third-order valence-corrected chi connectivity index (χ3v) is 3.47. The van der Waals surface area contributed by atoms with E-state index in [9.17, 15) is 0 Å². The van der Waals surface area contributed by atoms with Crippen LogP contribution in [-0.2, 0) is 0 Å². The monoisotopic (exact) mass is 243 g/mol. The van der Waals surface area contributed by atoms with Crippen molar-refractivity contribution in [2.24, 2.45) is 5.92 Å². The van der Waals surface area contributed by atoms with Crippen LogP contribution in [0.15, 0.2) is 24.3 Å². The van der Waals surface area contributed by atoms with E-state index in [0.29, 0.717) is 5.92 Å². The lowest BCUT2D eigenvalue weighted by molar-refractivity contribution is 0.609. The minimum absolute atomic E-state index is 0.123. The molecule has 1 unspecified atom stereocenters. The second-order valence-electron chi connectivity index (χ2n) is 5.24. The standard InChI is InChI=1S/C15H21N3/c1-12(2)15(11-16)17-13-5-7-14(8-6-13)18-9-3-4-10-18/h5-8,12,15,17H,3-4,9-10H2,1-2H3. The molecule has 1 atom stereocenters. The SMILES string of the molecule is CC(C)C(C#N)Nc1ccc(N2CCCC2)cc1. The first-order valence-electron chi connectivity index (χ1n) is 6.72. The number of rotatable bonds is 4. The minimum Gasteiger partial charge on any atom is -0.372 e. The van der Waals surface area contributed by atoms with Gasteiger partial charge >= 0.3 is 0 Å². The van der Waals surface area contributed by atoms with Crippen molar-refractivity contribution in [2.45, 2.75) is 32.7 Å². The van der Waals surface area contributed by atoms with Crippen molar-refractivity contribution < 1.29 is 0 Å². The molecule has 1 fully saturated rings. The van der Waals surface area contributed by atoms with Gasteiger partial charge in [-0.15, -0.1) is 0 Å². The summed E-state index contributed by atoms with van der Waals surface area (Å²) < 4.78 is 0. The quantitative estimate of drug-likeness (QED) is 0.882. The van der Waals surface area contributed by atoms with E-state index in [1.54, 1.807) is 0 Å². The summed E-state index contributed by atoms with van der Waals surface area (Å²) in [5, 5.41) is 12.3. The maximum Gasteiger partial charge on any atom is 0.116 e. The van der Waals surface area contributed by atoms with Gasteiger partial charge in [0.2, 0.25) is 0 Å². The molecular weight excluding hydrogens is 222 g/mol. The second kappa shape index (κ2) is 5.77. The van der Waals surface area contributed by atoms with Crippen LogP contribution in [0.1, 0.15) is 26.7 Å². The van der Waals surface area contributed by atoms with Crippen molar-refractivity contribution in [3.63, 3.8) is 0 Å². The molecule has 1 heterocycles. The third kappa shape index (κ3) is 2.95. The number of hydrogen-bond donors (Lipinski definition) is 1. The first kappa shape index (κ1) is 12.8. The van der Waals surface area contributed by atoms with Crippen molar-refractivity contribution in [3.8, 4) is 6.07 Å². The van der Waals surface area contributed by atoms with Crippen LogP contribution in [-0.4, -0.2) is 19.1 Å². The molecule has 0 amide bonds. The van der Waals surface area contributed by atoms with Gasteiger partial charge in [-0.1, -0.05) is 13.8 Å². The van der Waals surface area contributed by atoms with Gasteiger partial charge in [0, 0.05) is 24.5 Å². The van der Waals surface area contributed by atoms with Crippen molar-refractivity contribution >= 4 is 11.4 Å². The Balaban J connectivity index is 2.01. The average Bonchev–Trinajstić information content (AvgIpc) is 2.90. The largest absolute Gasteiger partial charge is 0.372 e. The van der Waals surface area contributed by atoms with Gasteiger partial charge in [0.1, 0.15) is 6.04 Å². The van der Waals surface area contributed by atoms with Gasteiger partial charge in [-0.3, -0.25) is 0 Å². The van der Waals surface area contributed by atoms with Crippen molar-refractivity contribution in [3.05, 3.63) is 24.3 Å². The van der Waals surface area contributed by atoms with Crippen molar-refractivity contribution in [1.82, 2.24) is 0 Å². The highest BCUT2D eigenvalue weighted by Gasteiger charge is 2.13. The van der Waals surface area contributed by atoms with Crippen molar-refractivity contribution in [1.29, 1.82) is 5.26 Å². The van der Waals surface area contributed by atoms with Crippen LogP contribution < -0.4 is 10.2 Å². The fraction of sp³-hybridized carbons (Fsp3) is 0.533. The van der Waals surface area contributed by atoms with Gasteiger partial charge < -0.3 is 10.2 Å². The van der Waals surface area contributed by atoms with Crippen LogP contribution in [0, 0.1) is 17.2 Å². The Bertz CT molecular complexity index is 410. The average molecular weight is 243 g/mol. The summed E-state index contributed by atoms with van der Waals surface area (Å²) in [4.78, 5) is 2.41. The molecular formula is C15H21N3. The molecule has 0 saturated carbocycles. The first-order chi connectivity index (χ1) is 8.70. The molecule has 3 nitrogen and oxygen atoms in total. The minimum atomic E-state index is -0.123. The molecule has 1 aromatic rings. The highest BCUT2D eigenvalue weighted by molar-refractivity contribution is 5.56. The Morgan fingerprint density at radius 2 is 1.78 bits per heavy atom. The fourth-order valence-electron chi connectivity index (χ4n) is 2.27. The fourth-order valence-corrected chi connectivity index (χ4v) is 2.27. The Kier molecular flexibility index (Phi) is 4.09. The molecule has 0 aromatic heterocycles. The summed E-state index contributed by atoms with van der Waals surface area (Å²) in [6.45, 7) is 6.44. The van der Waals surface area contributed by atoms with Gasteiger partial charge in [-0.25, -0.2) is 0 Å².